The number of benzene rings is 1. The summed E-state index contributed by atoms with van der Waals surface area (Å²) in [7, 11) is 0. The number of rotatable bonds is 6. The first-order chi connectivity index (χ1) is 9.74. The van der Waals surface area contributed by atoms with Crippen LogP contribution in [-0.2, 0) is 0 Å². The molecule has 0 spiro atoms. The second kappa shape index (κ2) is 7.31. The van der Waals surface area contributed by atoms with Crippen molar-refractivity contribution in [2.75, 3.05) is 6.26 Å². The summed E-state index contributed by atoms with van der Waals surface area (Å²) in [6.45, 7) is 2.06. The maximum atomic E-state index is 6.20. The maximum absolute atomic E-state index is 6.20. The molecule has 0 aliphatic heterocycles. The fraction of sp³-hybridized carbons (Fsp3) is 0.312. The van der Waals surface area contributed by atoms with Crippen molar-refractivity contribution in [3.8, 4) is 5.75 Å². The van der Waals surface area contributed by atoms with Crippen molar-refractivity contribution in [1.82, 2.24) is 4.98 Å². The zero-order valence-electron chi connectivity index (χ0n) is 11.8. The Balaban J connectivity index is 2.19. The van der Waals surface area contributed by atoms with Gasteiger partial charge in [0.25, 0.3) is 0 Å². The van der Waals surface area contributed by atoms with E-state index in [4.69, 9.17) is 10.5 Å². The Labute approximate surface area is 124 Å². The van der Waals surface area contributed by atoms with E-state index in [-0.39, 0.29) is 12.1 Å². The van der Waals surface area contributed by atoms with E-state index in [9.17, 15) is 0 Å². The molecule has 2 N–H and O–H groups in total. The van der Waals surface area contributed by atoms with Gasteiger partial charge < -0.3 is 10.5 Å². The van der Waals surface area contributed by atoms with Crippen LogP contribution >= 0.6 is 11.8 Å². The molecule has 2 unspecified atom stereocenters. The highest BCUT2D eigenvalue weighted by atomic mass is 32.2. The number of aromatic nitrogens is 1. The van der Waals surface area contributed by atoms with Crippen molar-refractivity contribution in [1.29, 1.82) is 0 Å². The number of nitrogens with zero attached hydrogens (tertiary/aromatic N) is 1. The Morgan fingerprint density at radius 3 is 2.55 bits per heavy atom. The zero-order chi connectivity index (χ0) is 14.4. The quantitative estimate of drug-likeness (QED) is 0.824. The van der Waals surface area contributed by atoms with Gasteiger partial charge in [-0.15, -0.1) is 11.8 Å². The highest BCUT2D eigenvalue weighted by Crippen LogP contribution is 2.26. The number of hydrogen-bond donors (Lipinski definition) is 1. The van der Waals surface area contributed by atoms with E-state index in [1.165, 1.54) is 4.90 Å². The fourth-order valence-corrected chi connectivity index (χ4v) is 2.37. The van der Waals surface area contributed by atoms with Gasteiger partial charge >= 0.3 is 0 Å². The van der Waals surface area contributed by atoms with Crippen molar-refractivity contribution >= 4 is 11.8 Å². The van der Waals surface area contributed by atoms with Gasteiger partial charge in [-0.25, -0.2) is 0 Å². The molecule has 0 aliphatic carbocycles. The van der Waals surface area contributed by atoms with E-state index in [2.05, 4.69) is 30.3 Å². The zero-order valence-corrected chi connectivity index (χ0v) is 12.6. The molecule has 20 heavy (non-hydrogen) atoms. The molecular formula is C16H20N2OS. The van der Waals surface area contributed by atoms with Crippen molar-refractivity contribution in [2.45, 2.75) is 30.4 Å². The van der Waals surface area contributed by atoms with Crippen LogP contribution < -0.4 is 10.5 Å². The van der Waals surface area contributed by atoms with Gasteiger partial charge in [0.15, 0.2) is 0 Å². The summed E-state index contributed by atoms with van der Waals surface area (Å²) >= 11 is 1.71. The van der Waals surface area contributed by atoms with Gasteiger partial charge in [-0.1, -0.05) is 13.0 Å². The van der Waals surface area contributed by atoms with E-state index in [1.807, 2.05) is 30.5 Å². The molecule has 3 nitrogen and oxygen atoms in total. The predicted octanol–water partition coefficient (Wildman–Crippen LogP) is 3.66. The molecule has 1 heterocycles. The van der Waals surface area contributed by atoms with Gasteiger partial charge in [0.1, 0.15) is 11.9 Å². The van der Waals surface area contributed by atoms with E-state index in [0.29, 0.717) is 0 Å². The number of ether oxygens (including phenoxy) is 1. The average Bonchev–Trinajstić information content (AvgIpc) is 2.53. The SMILES string of the molecule is CCC(N)C(Oc1ccc(SC)cc1)c1cccnc1. The lowest BCUT2D eigenvalue weighted by Crippen LogP contribution is -2.31. The summed E-state index contributed by atoms with van der Waals surface area (Å²) in [4.78, 5) is 5.37. The molecular weight excluding hydrogens is 268 g/mol. The average molecular weight is 288 g/mol. The van der Waals surface area contributed by atoms with Gasteiger partial charge in [0.05, 0.1) is 0 Å². The molecule has 0 amide bonds. The normalized spacial score (nSPS) is 13.8. The van der Waals surface area contributed by atoms with Crippen LogP contribution in [0.1, 0.15) is 25.0 Å². The lowest BCUT2D eigenvalue weighted by molar-refractivity contribution is 0.170. The molecule has 106 valence electrons. The highest BCUT2D eigenvalue weighted by molar-refractivity contribution is 7.98. The standard InChI is InChI=1S/C16H20N2OS/c1-3-15(17)16(12-5-4-10-18-11-12)19-13-6-8-14(20-2)9-7-13/h4-11,15-16H,3,17H2,1-2H3. The summed E-state index contributed by atoms with van der Waals surface area (Å²) in [5.41, 5.74) is 7.21. The van der Waals surface area contributed by atoms with E-state index >= 15 is 0 Å². The lowest BCUT2D eigenvalue weighted by Gasteiger charge is -2.24. The Hall–Kier alpha value is -1.52. The number of nitrogens with two attached hydrogens (primary N) is 1. The Morgan fingerprint density at radius 1 is 1.25 bits per heavy atom. The number of pyridine rings is 1. The molecule has 1 aromatic carbocycles. The lowest BCUT2D eigenvalue weighted by atomic mass is 10.0. The second-order valence-electron chi connectivity index (χ2n) is 4.57. The first-order valence-electron chi connectivity index (χ1n) is 6.70. The molecule has 0 fully saturated rings. The van der Waals surface area contributed by atoms with Gasteiger partial charge in [-0.3, -0.25) is 4.98 Å². The molecule has 2 aromatic rings. The molecule has 0 radical (unpaired) electrons. The maximum Gasteiger partial charge on any atom is 0.140 e. The molecule has 0 saturated carbocycles. The van der Waals surface area contributed by atoms with Crippen LogP contribution in [0.3, 0.4) is 0 Å². The monoisotopic (exact) mass is 288 g/mol. The molecule has 4 heteroatoms. The Morgan fingerprint density at radius 2 is 2.00 bits per heavy atom. The van der Waals surface area contributed by atoms with Crippen molar-refractivity contribution < 1.29 is 4.74 Å². The molecule has 2 rings (SSSR count). The van der Waals surface area contributed by atoms with Crippen LogP contribution in [-0.4, -0.2) is 17.3 Å². The van der Waals surface area contributed by atoms with Crippen LogP contribution in [0.4, 0.5) is 0 Å². The minimum Gasteiger partial charge on any atom is -0.484 e. The third kappa shape index (κ3) is 3.74. The molecule has 1 aromatic heterocycles. The van der Waals surface area contributed by atoms with Crippen molar-refractivity contribution in [3.05, 3.63) is 54.4 Å². The predicted molar refractivity (Wildman–Crippen MR) is 84.1 cm³/mol. The summed E-state index contributed by atoms with van der Waals surface area (Å²) in [5.74, 6) is 0.834. The van der Waals surface area contributed by atoms with E-state index < -0.39 is 0 Å². The molecule has 2 atom stereocenters. The summed E-state index contributed by atoms with van der Waals surface area (Å²) in [6.07, 6.45) is 6.31. The number of thioether (sulfide) groups is 1. The van der Waals surface area contributed by atoms with Crippen LogP contribution in [0, 0.1) is 0 Å². The largest absolute Gasteiger partial charge is 0.484 e. The van der Waals surface area contributed by atoms with Gasteiger partial charge in [0.2, 0.25) is 0 Å². The van der Waals surface area contributed by atoms with Crippen LogP contribution in [0.5, 0.6) is 5.75 Å². The first-order valence-corrected chi connectivity index (χ1v) is 7.93. The van der Waals surface area contributed by atoms with Gasteiger partial charge in [-0.2, -0.15) is 0 Å². The van der Waals surface area contributed by atoms with Crippen molar-refractivity contribution in [2.24, 2.45) is 5.73 Å². The smallest absolute Gasteiger partial charge is 0.140 e. The van der Waals surface area contributed by atoms with Crippen LogP contribution in [0.15, 0.2) is 53.7 Å². The highest BCUT2D eigenvalue weighted by Gasteiger charge is 2.20. The minimum absolute atomic E-state index is 0.0561. The summed E-state index contributed by atoms with van der Waals surface area (Å²) < 4.78 is 6.08. The Kier molecular flexibility index (Phi) is 5.44. The first kappa shape index (κ1) is 14.9. The Bertz CT molecular complexity index is 516. The molecule has 0 aliphatic rings. The third-order valence-electron chi connectivity index (χ3n) is 3.20. The van der Waals surface area contributed by atoms with Gasteiger partial charge in [0, 0.05) is 28.9 Å². The molecule has 0 bridgehead atoms. The summed E-state index contributed by atoms with van der Waals surface area (Å²) in [5, 5.41) is 0. The third-order valence-corrected chi connectivity index (χ3v) is 3.94. The second-order valence-corrected chi connectivity index (χ2v) is 5.45. The molecule has 0 saturated heterocycles. The van der Waals surface area contributed by atoms with Crippen molar-refractivity contribution in [3.63, 3.8) is 0 Å². The van der Waals surface area contributed by atoms with Crippen LogP contribution in [0.2, 0.25) is 0 Å². The van der Waals surface area contributed by atoms with Crippen LogP contribution in [0.25, 0.3) is 0 Å². The summed E-state index contributed by atoms with van der Waals surface area (Å²) in [6, 6.07) is 11.9. The van der Waals surface area contributed by atoms with E-state index in [1.54, 1.807) is 18.0 Å². The van der Waals surface area contributed by atoms with Gasteiger partial charge in [-0.05, 0) is 43.0 Å². The fourth-order valence-electron chi connectivity index (χ4n) is 1.96. The van der Waals surface area contributed by atoms with E-state index in [0.717, 1.165) is 17.7 Å². The minimum atomic E-state index is -0.172. The topological polar surface area (TPSA) is 48.1 Å². The number of hydrogen-bond acceptors (Lipinski definition) is 4.